The van der Waals surface area contributed by atoms with Crippen LogP contribution in [-0.2, 0) is 9.53 Å². The average molecular weight is 187 g/mol. The fraction of sp³-hybridized carbons (Fsp3) is 0.900. The quantitative estimate of drug-likeness (QED) is 0.508. The summed E-state index contributed by atoms with van der Waals surface area (Å²) in [5, 5.41) is 0. The van der Waals surface area contributed by atoms with Gasteiger partial charge in [0.05, 0.1) is 6.61 Å². The van der Waals surface area contributed by atoms with Crippen LogP contribution >= 0.6 is 0 Å². The lowest BCUT2D eigenvalue weighted by atomic mass is 10.1. The van der Waals surface area contributed by atoms with Crippen molar-refractivity contribution >= 4 is 5.97 Å². The Morgan fingerprint density at radius 2 is 2.08 bits per heavy atom. The van der Waals surface area contributed by atoms with Crippen molar-refractivity contribution in [2.24, 2.45) is 11.7 Å². The van der Waals surface area contributed by atoms with Crippen LogP contribution in [0, 0.1) is 5.92 Å². The normalized spacial score (nSPS) is 13.0. The Kier molecular flexibility index (Phi) is 6.59. The first-order valence-corrected chi connectivity index (χ1v) is 5.00. The molecular weight excluding hydrogens is 166 g/mol. The summed E-state index contributed by atoms with van der Waals surface area (Å²) in [7, 11) is 0. The molecule has 0 saturated carbocycles. The van der Waals surface area contributed by atoms with Crippen molar-refractivity contribution in [1.29, 1.82) is 0 Å². The topological polar surface area (TPSA) is 52.3 Å². The smallest absolute Gasteiger partial charge is 0.322 e. The Labute approximate surface area is 80.6 Å². The molecule has 0 aromatic rings. The number of esters is 1. The maximum Gasteiger partial charge on any atom is 0.322 e. The first-order valence-electron chi connectivity index (χ1n) is 5.00. The second kappa shape index (κ2) is 6.89. The van der Waals surface area contributed by atoms with Crippen LogP contribution in [0.15, 0.2) is 0 Å². The third kappa shape index (κ3) is 6.58. The van der Waals surface area contributed by atoms with E-state index in [1.807, 2.05) is 13.8 Å². The van der Waals surface area contributed by atoms with E-state index in [2.05, 4.69) is 6.92 Å². The van der Waals surface area contributed by atoms with E-state index in [-0.39, 0.29) is 5.97 Å². The highest BCUT2D eigenvalue weighted by Gasteiger charge is 2.15. The van der Waals surface area contributed by atoms with Crippen LogP contribution in [0.5, 0.6) is 0 Å². The first kappa shape index (κ1) is 12.4. The number of rotatable bonds is 6. The Morgan fingerprint density at radius 3 is 2.54 bits per heavy atom. The second-order valence-electron chi connectivity index (χ2n) is 3.76. The maximum atomic E-state index is 11.2. The number of unbranched alkanes of at least 4 members (excludes halogenated alkanes) is 1. The third-order valence-corrected chi connectivity index (χ3v) is 1.77. The summed E-state index contributed by atoms with van der Waals surface area (Å²) in [6.07, 6.45) is 2.65. The molecule has 0 aromatic heterocycles. The molecule has 3 heteroatoms. The van der Waals surface area contributed by atoms with E-state index in [1.165, 1.54) is 0 Å². The van der Waals surface area contributed by atoms with E-state index < -0.39 is 6.04 Å². The predicted molar refractivity (Wildman–Crippen MR) is 53.3 cm³/mol. The molecule has 0 radical (unpaired) electrons. The Hall–Kier alpha value is -0.570. The zero-order valence-electron chi connectivity index (χ0n) is 8.88. The zero-order valence-corrected chi connectivity index (χ0v) is 8.88. The van der Waals surface area contributed by atoms with Crippen LogP contribution in [0.4, 0.5) is 0 Å². The largest absolute Gasteiger partial charge is 0.465 e. The fourth-order valence-electron chi connectivity index (χ4n) is 1.03. The minimum atomic E-state index is -0.447. The highest BCUT2D eigenvalue weighted by atomic mass is 16.5. The summed E-state index contributed by atoms with van der Waals surface area (Å²) in [6, 6.07) is -0.447. The van der Waals surface area contributed by atoms with Gasteiger partial charge in [-0.25, -0.2) is 0 Å². The van der Waals surface area contributed by atoms with Gasteiger partial charge in [0.1, 0.15) is 6.04 Å². The SMILES string of the molecule is CCCCOC(=O)C(N)CC(C)C. The molecule has 1 unspecified atom stereocenters. The van der Waals surface area contributed by atoms with Crippen molar-refractivity contribution in [3.8, 4) is 0 Å². The van der Waals surface area contributed by atoms with Gasteiger partial charge in [-0.05, 0) is 18.8 Å². The van der Waals surface area contributed by atoms with Crippen LogP contribution < -0.4 is 5.73 Å². The summed E-state index contributed by atoms with van der Waals surface area (Å²) in [5.74, 6) is 0.177. The summed E-state index contributed by atoms with van der Waals surface area (Å²) in [4.78, 5) is 11.2. The van der Waals surface area contributed by atoms with Crippen LogP contribution in [-0.4, -0.2) is 18.6 Å². The standard InChI is InChI=1S/C10H21NO2/c1-4-5-6-13-10(12)9(11)7-8(2)3/h8-9H,4-7,11H2,1-3H3. The van der Waals surface area contributed by atoms with Crippen molar-refractivity contribution in [2.45, 2.75) is 46.1 Å². The highest BCUT2D eigenvalue weighted by Crippen LogP contribution is 2.04. The van der Waals surface area contributed by atoms with Crippen molar-refractivity contribution in [3.05, 3.63) is 0 Å². The molecule has 0 saturated heterocycles. The van der Waals surface area contributed by atoms with Gasteiger partial charge in [-0.3, -0.25) is 4.79 Å². The van der Waals surface area contributed by atoms with Gasteiger partial charge in [0, 0.05) is 0 Å². The molecule has 0 rings (SSSR count). The van der Waals surface area contributed by atoms with Gasteiger partial charge in [-0.1, -0.05) is 27.2 Å². The molecular formula is C10H21NO2. The molecule has 0 aliphatic carbocycles. The van der Waals surface area contributed by atoms with Crippen molar-refractivity contribution in [3.63, 3.8) is 0 Å². The number of hydrogen-bond acceptors (Lipinski definition) is 3. The van der Waals surface area contributed by atoms with Gasteiger partial charge in [-0.15, -0.1) is 0 Å². The Balaban J connectivity index is 3.57. The molecule has 0 fully saturated rings. The molecule has 13 heavy (non-hydrogen) atoms. The molecule has 0 aliphatic rings. The van der Waals surface area contributed by atoms with E-state index in [0.29, 0.717) is 18.9 Å². The molecule has 0 spiro atoms. The number of carbonyl (C=O) groups excluding carboxylic acids is 1. The van der Waals surface area contributed by atoms with Gasteiger partial charge in [0.25, 0.3) is 0 Å². The van der Waals surface area contributed by atoms with Gasteiger partial charge in [0.2, 0.25) is 0 Å². The predicted octanol–water partition coefficient (Wildman–Crippen LogP) is 1.70. The summed E-state index contributed by atoms with van der Waals surface area (Å²) in [5.41, 5.74) is 5.63. The van der Waals surface area contributed by atoms with E-state index >= 15 is 0 Å². The number of hydrogen-bond donors (Lipinski definition) is 1. The van der Waals surface area contributed by atoms with Crippen molar-refractivity contribution in [2.75, 3.05) is 6.61 Å². The minimum absolute atomic E-state index is 0.262. The van der Waals surface area contributed by atoms with Crippen LogP contribution in [0.3, 0.4) is 0 Å². The third-order valence-electron chi connectivity index (χ3n) is 1.77. The van der Waals surface area contributed by atoms with Crippen LogP contribution in [0.1, 0.15) is 40.0 Å². The Bertz CT molecular complexity index is 146. The molecule has 0 aromatic carbocycles. The van der Waals surface area contributed by atoms with Crippen LogP contribution in [0.25, 0.3) is 0 Å². The zero-order chi connectivity index (χ0) is 10.3. The fourth-order valence-corrected chi connectivity index (χ4v) is 1.03. The Morgan fingerprint density at radius 1 is 1.46 bits per heavy atom. The summed E-state index contributed by atoms with van der Waals surface area (Å²) < 4.78 is 4.98. The van der Waals surface area contributed by atoms with Crippen molar-refractivity contribution < 1.29 is 9.53 Å². The monoisotopic (exact) mass is 187 g/mol. The number of ether oxygens (including phenoxy) is 1. The molecule has 78 valence electrons. The maximum absolute atomic E-state index is 11.2. The number of carbonyl (C=O) groups is 1. The molecule has 0 aliphatic heterocycles. The summed E-state index contributed by atoms with van der Waals surface area (Å²) >= 11 is 0. The van der Waals surface area contributed by atoms with Gasteiger partial charge in [0.15, 0.2) is 0 Å². The first-order chi connectivity index (χ1) is 6.07. The van der Waals surface area contributed by atoms with Crippen molar-refractivity contribution in [1.82, 2.24) is 0 Å². The molecule has 0 bridgehead atoms. The lowest BCUT2D eigenvalue weighted by Gasteiger charge is -2.12. The molecule has 0 amide bonds. The molecule has 2 N–H and O–H groups in total. The van der Waals surface area contributed by atoms with Gasteiger partial charge >= 0.3 is 5.97 Å². The lowest BCUT2D eigenvalue weighted by molar-refractivity contribution is -0.145. The van der Waals surface area contributed by atoms with E-state index in [1.54, 1.807) is 0 Å². The van der Waals surface area contributed by atoms with Gasteiger partial charge < -0.3 is 10.5 Å². The minimum Gasteiger partial charge on any atom is -0.465 e. The molecule has 1 atom stereocenters. The van der Waals surface area contributed by atoms with Gasteiger partial charge in [-0.2, -0.15) is 0 Å². The van der Waals surface area contributed by atoms with E-state index in [4.69, 9.17) is 10.5 Å². The summed E-state index contributed by atoms with van der Waals surface area (Å²) in [6.45, 7) is 6.64. The lowest BCUT2D eigenvalue weighted by Crippen LogP contribution is -2.33. The highest BCUT2D eigenvalue weighted by molar-refractivity contribution is 5.75. The average Bonchev–Trinajstić information content (AvgIpc) is 2.03. The van der Waals surface area contributed by atoms with E-state index in [9.17, 15) is 4.79 Å². The number of nitrogens with two attached hydrogens (primary N) is 1. The second-order valence-corrected chi connectivity index (χ2v) is 3.76. The molecule has 3 nitrogen and oxygen atoms in total. The van der Waals surface area contributed by atoms with Crippen LogP contribution in [0.2, 0.25) is 0 Å². The van der Waals surface area contributed by atoms with E-state index in [0.717, 1.165) is 12.8 Å². The molecule has 0 heterocycles.